The summed E-state index contributed by atoms with van der Waals surface area (Å²) < 4.78 is 23.4. The Morgan fingerprint density at radius 2 is 1.77 bits per heavy atom. The van der Waals surface area contributed by atoms with Crippen LogP contribution < -0.4 is 9.47 Å². The Kier molecular flexibility index (Phi) is 8.40. The smallest absolute Gasteiger partial charge is 0.410 e. The monoisotopic (exact) mass is 564 g/mol. The number of carbonyl (C=O) groups excluding carboxylic acids is 1. The lowest BCUT2D eigenvalue weighted by Gasteiger charge is -2.33. The molecule has 1 saturated heterocycles. The van der Waals surface area contributed by atoms with Crippen molar-refractivity contribution in [3.63, 3.8) is 0 Å². The minimum Gasteiger partial charge on any atom is -0.493 e. The summed E-state index contributed by atoms with van der Waals surface area (Å²) in [7, 11) is 2.10. The van der Waals surface area contributed by atoms with Crippen LogP contribution in [0.5, 0.6) is 11.5 Å². The van der Waals surface area contributed by atoms with E-state index in [2.05, 4.69) is 40.6 Å². The summed E-state index contributed by atoms with van der Waals surface area (Å²) in [6.07, 6.45) is 4.49. The van der Waals surface area contributed by atoms with Crippen LogP contribution in [0.3, 0.4) is 0 Å². The summed E-state index contributed by atoms with van der Waals surface area (Å²) in [6.45, 7) is 11.2. The normalized spacial score (nSPS) is 14.6. The molecule has 1 aliphatic rings. The van der Waals surface area contributed by atoms with Gasteiger partial charge in [0.15, 0.2) is 5.82 Å². The molecular weight excluding hydrogens is 524 g/mol. The Balaban J connectivity index is 1.10. The number of fused-ring (bicyclic) bond motifs is 1. The molecule has 4 heterocycles. The number of imidazole rings is 1. The van der Waals surface area contributed by atoms with Crippen LogP contribution in [0.4, 0.5) is 4.79 Å². The van der Waals surface area contributed by atoms with E-state index in [1.807, 2.05) is 51.2 Å². The first-order valence-electron chi connectivity index (χ1n) is 14.1. The Morgan fingerprint density at radius 1 is 1.07 bits per heavy atom. The molecule has 0 bridgehead atoms. The topological polar surface area (TPSA) is 70.8 Å². The van der Waals surface area contributed by atoms with E-state index >= 15 is 0 Å². The number of rotatable bonds is 9. The lowest BCUT2D eigenvalue weighted by molar-refractivity contribution is 0.0165. The van der Waals surface area contributed by atoms with Crippen LogP contribution in [0.1, 0.15) is 46.2 Å². The number of amides is 1. The lowest BCUT2D eigenvalue weighted by atomic mass is 9.98. The summed E-state index contributed by atoms with van der Waals surface area (Å²) in [5, 5.41) is 2.12. The molecule has 4 aromatic rings. The fraction of sp³-hybridized carbons (Fsp3) is 0.484. The molecule has 0 spiro atoms. The molecule has 0 unspecified atom stereocenters. The quantitative estimate of drug-likeness (QED) is 0.224. The average Bonchev–Trinajstić information content (AvgIpc) is 3.63. The zero-order valence-corrected chi connectivity index (χ0v) is 25.0. The van der Waals surface area contributed by atoms with Crippen LogP contribution in [-0.4, -0.2) is 57.0 Å². The molecule has 5 rings (SSSR count). The van der Waals surface area contributed by atoms with Gasteiger partial charge in [0, 0.05) is 32.0 Å². The van der Waals surface area contributed by atoms with Crippen molar-refractivity contribution in [1.29, 1.82) is 0 Å². The van der Waals surface area contributed by atoms with Crippen molar-refractivity contribution < 1.29 is 19.0 Å². The van der Waals surface area contributed by atoms with E-state index in [1.54, 1.807) is 16.2 Å². The number of piperidine rings is 1. The summed E-state index contributed by atoms with van der Waals surface area (Å²) in [5.41, 5.74) is 3.09. The molecule has 214 valence electrons. The number of nitrogens with zero attached hydrogens (tertiary/aromatic N) is 4. The van der Waals surface area contributed by atoms with Gasteiger partial charge in [0.2, 0.25) is 0 Å². The lowest BCUT2D eigenvalue weighted by Crippen LogP contribution is -2.42. The minimum absolute atomic E-state index is 0.225. The van der Waals surface area contributed by atoms with Crippen LogP contribution in [0, 0.1) is 5.92 Å². The second-order valence-electron chi connectivity index (χ2n) is 11.4. The van der Waals surface area contributed by atoms with E-state index in [-0.39, 0.29) is 6.09 Å². The van der Waals surface area contributed by atoms with Gasteiger partial charge < -0.3 is 28.2 Å². The molecule has 1 fully saturated rings. The largest absolute Gasteiger partial charge is 0.493 e. The fourth-order valence-corrected chi connectivity index (χ4v) is 5.97. The van der Waals surface area contributed by atoms with Gasteiger partial charge in [-0.05, 0) is 87.7 Å². The molecule has 9 heteroatoms. The molecule has 0 N–H and O–H groups in total. The fourth-order valence-electron chi connectivity index (χ4n) is 5.12. The molecule has 1 aliphatic heterocycles. The standard InChI is InChI=1S/C31H40N4O4S/c1-6-23-20-32-29(27-19-28-26(33(27)5)13-18-40-28)35(23)16-17-37-24-7-9-25(10-8-24)38-21-22-11-14-34(15-12-22)30(36)39-31(2,3)4/h7-10,13,18-20,22H,6,11-12,14-17,21H2,1-5H3. The van der Waals surface area contributed by atoms with Crippen LogP contribution >= 0.6 is 11.3 Å². The van der Waals surface area contributed by atoms with Gasteiger partial charge in [-0.25, -0.2) is 9.78 Å². The van der Waals surface area contributed by atoms with E-state index in [9.17, 15) is 4.79 Å². The number of likely N-dealkylation sites (tertiary alicyclic amines) is 1. The predicted octanol–water partition coefficient (Wildman–Crippen LogP) is 6.77. The zero-order chi connectivity index (χ0) is 28.3. The third-order valence-corrected chi connectivity index (χ3v) is 8.21. The second-order valence-corrected chi connectivity index (χ2v) is 12.3. The maximum atomic E-state index is 12.3. The van der Waals surface area contributed by atoms with Gasteiger partial charge in [0.1, 0.15) is 23.7 Å². The van der Waals surface area contributed by atoms with Gasteiger partial charge in [0.05, 0.1) is 29.1 Å². The molecule has 0 aliphatic carbocycles. The molecule has 0 saturated carbocycles. The average molecular weight is 565 g/mol. The first-order chi connectivity index (χ1) is 19.2. The Morgan fingerprint density at radius 3 is 2.42 bits per heavy atom. The highest BCUT2D eigenvalue weighted by atomic mass is 32.1. The van der Waals surface area contributed by atoms with Crippen molar-refractivity contribution in [2.24, 2.45) is 13.0 Å². The number of aryl methyl sites for hydroxylation is 2. The number of hydrogen-bond donors (Lipinski definition) is 0. The van der Waals surface area contributed by atoms with Gasteiger partial charge >= 0.3 is 6.09 Å². The first-order valence-corrected chi connectivity index (χ1v) is 15.0. The Hall–Kier alpha value is -3.46. The predicted molar refractivity (Wildman–Crippen MR) is 159 cm³/mol. The molecule has 1 amide bonds. The van der Waals surface area contributed by atoms with Crippen molar-refractivity contribution in [3.8, 4) is 23.0 Å². The van der Waals surface area contributed by atoms with E-state index in [0.717, 1.165) is 48.8 Å². The molecular formula is C31H40N4O4S. The van der Waals surface area contributed by atoms with Crippen LogP contribution in [-0.2, 0) is 24.8 Å². The second kappa shape index (κ2) is 12.0. The number of benzene rings is 1. The van der Waals surface area contributed by atoms with Crippen molar-refractivity contribution in [3.05, 3.63) is 53.7 Å². The molecule has 0 atom stereocenters. The van der Waals surface area contributed by atoms with Gasteiger partial charge in [-0.2, -0.15) is 0 Å². The zero-order valence-electron chi connectivity index (χ0n) is 24.2. The summed E-state index contributed by atoms with van der Waals surface area (Å²) in [6, 6.07) is 12.2. The maximum absolute atomic E-state index is 12.3. The van der Waals surface area contributed by atoms with Gasteiger partial charge in [-0.1, -0.05) is 6.92 Å². The number of hydrogen-bond acceptors (Lipinski definition) is 6. The summed E-state index contributed by atoms with van der Waals surface area (Å²) in [4.78, 5) is 18.8. The van der Waals surface area contributed by atoms with Gasteiger partial charge in [-0.15, -0.1) is 11.3 Å². The SMILES string of the molecule is CCc1cnc(-c2cc3sccc3n2C)n1CCOc1ccc(OCC2CCN(C(=O)OC(C)(C)C)CC2)cc1. The van der Waals surface area contributed by atoms with E-state index in [1.165, 1.54) is 15.9 Å². The molecule has 40 heavy (non-hydrogen) atoms. The highest BCUT2D eigenvalue weighted by Gasteiger charge is 2.27. The third kappa shape index (κ3) is 6.46. The minimum atomic E-state index is -0.465. The van der Waals surface area contributed by atoms with Crippen molar-refractivity contribution in [1.82, 2.24) is 19.0 Å². The Labute approximate surface area is 240 Å². The van der Waals surface area contributed by atoms with Gasteiger partial charge in [-0.3, -0.25) is 0 Å². The Bertz CT molecular complexity index is 1420. The highest BCUT2D eigenvalue weighted by Crippen LogP contribution is 2.31. The van der Waals surface area contributed by atoms with Crippen LogP contribution in [0.15, 0.2) is 48.0 Å². The van der Waals surface area contributed by atoms with E-state index < -0.39 is 5.60 Å². The van der Waals surface area contributed by atoms with Crippen molar-refractivity contribution in [2.45, 2.75) is 59.1 Å². The third-order valence-electron chi connectivity index (χ3n) is 7.35. The molecule has 8 nitrogen and oxygen atoms in total. The first kappa shape index (κ1) is 28.1. The molecule has 1 aromatic carbocycles. The van der Waals surface area contributed by atoms with Crippen molar-refractivity contribution in [2.75, 3.05) is 26.3 Å². The summed E-state index contributed by atoms with van der Waals surface area (Å²) in [5.74, 6) is 3.05. The number of carbonyl (C=O) groups is 1. The number of thiophene rings is 1. The number of aromatic nitrogens is 3. The summed E-state index contributed by atoms with van der Waals surface area (Å²) >= 11 is 1.75. The van der Waals surface area contributed by atoms with E-state index in [4.69, 9.17) is 19.2 Å². The van der Waals surface area contributed by atoms with E-state index in [0.29, 0.717) is 32.2 Å². The van der Waals surface area contributed by atoms with Gasteiger partial charge in [0.25, 0.3) is 0 Å². The number of ether oxygens (including phenoxy) is 3. The molecule has 3 aromatic heterocycles. The highest BCUT2D eigenvalue weighted by molar-refractivity contribution is 7.17. The maximum Gasteiger partial charge on any atom is 0.410 e. The molecule has 0 radical (unpaired) electrons. The van der Waals surface area contributed by atoms with Crippen molar-refractivity contribution >= 4 is 27.6 Å². The van der Waals surface area contributed by atoms with Crippen LogP contribution in [0.25, 0.3) is 21.7 Å². The van der Waals surface area contributed by atoms with Crippen LogP contribution in [0.2, 0.25) is 0 Å².